The highest BCUT2D eigenvalue weighted by Crippen LogP contribution is 2.32. The summed E-state index contributed by atoms with van der Waals surface area (Å²) >= 11 is 10.2. The Labute approximate surface area is 251 Å². The van der Waals surface area contributed by atoms with Crippen LogP contribution in [-0.4, -0.2) is 123 Å². The molecule has 0 saturated carbocycles. The summed E-state index contributed by atoms with van der Waals surface area (Å²) in [6, 6.07) is 0. The first-order valence-electron chi connectivity index (χ1n) is 12.4. The third-order valence-electron chi connectivity index (χ3n) is 5.68. The summed E-state index contributed by atoms with van der Waals surface area (Å²) in [7, 11) is 0. The molecule has 4 aliphatic rings. The van der Waals surface area contributed by atoms with Crippen molar-refractivity contribution >= 4 is 46.4 Å². The summed E-state index contributed by atoms with van der Waals surface area (Å²) in [5, 5.41) is 7.76. The van der Waals surface area contributed by atoms with Crippen LogP contribution in [0.15, 0.2) is 38.0 Å². The van der Waals surface area contributed by atoms with Gasteiger partial charge in [-0.3, -0.25) is 0 Å². The van der Waals surface area contributed by atoms with E-state index in [1.165, 1.54) is 18.2 Å². The van der Waals surface area contributed by atoms with E-state index < -0.39 is 72.0 Å². The van der Waals surface area contributed by atoms with Crippen molar-refractivity contribution in [3.8, 4) is 0 Å². The molecule has 0 aromatic carbocycles. The van der Waals surface area contributed by atoms with Gasteiger partial charge in [-0.2, -0.15) is 0 Å². The zero-order chi connectivity index (χ0) is 31.1. The summed E-state index contributed by atoms with van der Waals surface area (Å²) in [5.41, 5.74) is -1.84. The average Bonchev–Trinajstić information content (AvgIpc) is 3.72. The third-order valence-corrected chi connectivity index (χ3v) is 5.85. The van der Waals surface area contributed by atoms with Gasteiger partial charge < -0.3 is 52.5 Å². The molecular weight excluding hydrogens is 611 g/mol. The van der Waals surface area contributed by atoms with Crippen molar-refractivity contribution in [2.45, 2.75) is 48.8 Å². The molecule has 4 rings (SSSR count). The van der Waals surface area contributed by atoms with Gasteiger partial charge in [0, 0.05) is 23.2 Å². The van der Waals surface area contributed by atoms with Crippen LogP contribution >= 0.6 is 23.2 Å². The summed E-state index contributed by atoms with van der Waals surface area (Å²) < 4.78 is 50.8. The number of ether oxygens (including phenoxy) is 10. The largest absolute Gasteiger partial charge is 0.509 e. The Morgan fingerprint density at radius 2 is 0.905 bits per heavy atom. The van der Waals surface area contributed by atoms with Crippen LogP contribution in [0.4, 0.5) is 19.2 Å². The Kier molecular flexibility index (Phi) is 15.6. The molecule has 0 radical (unpaired) electrons. The topological polar surface area (TPSA) is 181 Å². The normalized spacial score (nSPS) is 30.0. The number of fused-ring (bicyclic) bond motifs is 2. The fourth-order valence-electron chi connectivity index (χ4n) is 4.07. The number of halogens is 2. The predicted molar refractivity (Wildman–Crippen MR) is 141 cm³/mol. The minimum absolute atomic E-state index is 0.0578. The number of rotatable bonds is 9. The first-order valence-corrected chi connectivity index (χ1v) is 13.2. The molecule has 4 saturated heterocycles. The second kappa shape index (κ2) is 18.6. The monoisotopic (exact) mass is 642 g/mol. The van der Waals surface area contributed by atoms with E-state index in [9.17, 15) is 19.2 Å². The standard InChI is InChI=1S/C14H18O8.C8H8Cl2O6.C3H6O/c1-3-5-17-13(15)21-9-7-19-12-10(8-20-11(9)12)22-14(16)18-6-4-2;9-7(11)15-3-1-13-6-4(16-8(10)12)2-14-5(3)6;1-2-3-4/h3-4,9-12H,1-2,5-8H2;3-6H,1-2H2;2,4H,1,3H2. The number of aliphatic hydroxyl groups excluding tert-OH is 1. The quantitative estimate of drug-likeness (QED) is 0.167. The van der Waals surface area contributed by atoms with Crippen LogP contribution in [0.1, 0.15) is 0 Å². The SMILES string of the molecule is C=CCO.C=CCOC(=O)OC1COC2C(OC(=O)OCC=C)COC12.O=C(Cl)OC1COC2C(OC(=O)Cl)COC12. The Morgan fingerprint density at radius 1 is 0.619 bits per heavy atom. The molecule has 1 N–H and O–H groups in total. The molecule has 42 heavy (non-hydrogen) atoms. The molecule has 236 valence electrons. The summed E-state index contributed by atoms with van der Waals surface area (Å²) in [5.74, 6) is 0. The highest BCUT2D eigenvalue weighted by atomic mass is 35.5. The maximum Gasteiger partial charge on any atom is 0.509 e. The first-order chi connectivity index (χ1) is 20.1. The van der Waals surface area contributed by atoms with Gasteiger partial charge in [0.15, 0.2) is 24.4 Å². The minimum Gasteiger partial charge on any atom is -0.445 e. The van der Waals surface area contributed by atoms with E-state index in [4.69, 9.17) is 75.7 Å². The van der Waals surface area contributed by atoms with Crippen LogP contribution in [0.3, 0.4) is 0 Å². The number of carbonyl (C=O) groups excluding carboxylic acids is 4. The van der Waals surface area contributed by atoms with Crippen molar-refractivity contribution in [2.24, 2.45) is 0 Å². The molecule has 15 nitrogen and oxygen atoms in total. The molecule has 8 unspecified atom stereocenters. The summed E-state index contributed by atoms with van der Waals surface area (Å²) in [6.07, 6.45) is -1.68. The van der Waals surface area contributed by atoms with Gasteiger partial charge in [0.05, 0.1) is 33.0 Å². The summed E-state index contributed by atoms with van der Waals surface area (Å²) in [4.78, 5) is 44.0. The highest BCUT2D eigenvalue weighted by molar-refractivity contribution is 6.61. The van der Waals surface area contributed by atoms with Crippen molar-refractivity contribution < 1.29 is 71.7 Å². The fourth-order valence-corrected chi connectivity index (χ4v) is 4.30. The van der Waals surface area contributed by atoms with Crippen molar-refractivity contribution in [1.29, 1.82) is 0 Å². The van der Waals surface area contributed by atoms with E-state index in [2.05, 4.69) is 19.7 Å². The smallest absolute Gasteiger partial charge is 0.445 e. The molecule has 0 spiro atoms. The Morgan fingerprint density at radius 3 is 1.14 bits per heavy atom. The lowest BCUT2D eigenvalue weighted by Crippen LogP contribution is -2.36. The van der Waals surface area contributed by atoms with Crippen molar-refractivity contribution in [3.05, 3.63) is 38.0 Å². The van der Waals surface area contributed by atoms with E-state index in [0.29, 0.717) is 0 Å². The van der Waals surface area contributed by atoms with E-state index >= 15 is 0 Å². The van der Waals surface area contributed by atoms with Gasteiger partial charge in [-0.25, -0.2) is 19.2 Å². The van der Waals surface area contributed by atoms with Gasteiger partial charge in [0.25, 0.3) is 0 Å². The maximum absolute atomic E-state index is 11.4. The minimum atomic E-state index is -0.921. The molecule has 8 atom stereocenters. The molecule has 0 bridgehead atoms. The van der Waals surface area contributed by atoms with Crippen molar-refractivity contribution in [2.75, 3.05) is 46.2 Å². The van der Waals surface area contributed by atoms with Gasteiger partial charge in [0.2, 0.25) is 0 Å². The highest BCUT2D eigenvalue weighted by Gasteiger charge is 2.52. The molecular formula is C25H32Cl2O15. The van der Waals surface area contributed by atoms with Crippen LogP contribution in [0.25, 0.3) is 0 Å². The summed E-state index contributed by atoms with van der Waals surface area (Å²) in [6.45, 7) is 10.9. The fraction of sp³-hybridized carbons (Fsp3) is 0.600. The van der Waals surface area contributed by atoms with Crippen LogP contribution < -0.4 is 0 Å². The van der Waals surface area contributed by atoms with Gasteiger partial charge in [-0.15, -0.1) is 6.58 Å². The van der Waals surface area contributed by atoms with Crippen LogP contribution in [0.5, 0.6) is 0 Å². The number of carbonyl (C=O) groups is 4. The lowest BCUT2D eigenvalue weighted by atomic mass is 10.1. The molecule has 0 aliphatic carbocycles. The molecule has 4 fully saturated rings. The van der Waals surface area contributed by atoms with Crippen LogP contribution in [0.2, 0.25) is 0 Å². The molecule has 4 heterocycles. The van der Waals surface area contributed by atoms with Crippen molar-refractivity contribution in [1.82, 2.24) is 0 Å². The van der Waals surface area contributed by atoms with Gasteiger partial charge in [-0.05, 0) is 0 Å². The molecule has 0 amide bonds. The van der Waals surface area contributed by atoms with E-state index in [1.807, 2.05) is 0 Å². The van der Waals surface area contributed by atoms with Gasteiger partial charge >= 0.3 is 23.2 Å². The first kappa shape index (κ1) is 35.3. The van der Waals surface area contributed by atoms with Crippen molar-refractivity contribution in [3.63, 3.8) is 0 Å². The Bertz CT molecular complexity index is 877. The van der Waals surface area contributed by atoms with Crippen LogP contribution in [-0.2, 0) is 47.4 Å². The zero-order valence-electron chi connectivity index (χ0n) is 22.3. The second-order valence-corrected chi connectivity index (χ2v) is 9.08. The Balaban J connectivity index is 0.000000270. The lowest BCUT2D eigenvalue weighted by molar-refractivity contribution is -0.0394. The predicted octanol–water partition coefficient (Wildman–Crippen LogP) is 2.64. The molecule has 4 aliphatic heterocycles. The van der Waals surface area contributed by atoms with E-state index in [0.717, 1.165) is 0 Å². The average molecular weight is 643 g/mol. The molecule has 0 aromatic heterocycles. The number of hydrogen-bond acceptors (Lipinski definition) is 15. The van der Waals surface area contributed by atoms with Crippen LogP contribution in [0, 0.1) is 0 Å². The molecule has 17 heteroatoms. The van der Waals surface area contributed by atoms with E-state index in [1.54, 1.807) is 0 Å². The zero-order valence-corrected chi connectivity index (χ0v) is 23.9. The van der Waals surface area contributed by atoms with Gasteiger partial charge in [-0.1, -0.05) is 31.4 Å². The van der Waals surface area contributed by atoms with E-state index in [-0.39, 0.29) is 46.2 Å². The molecule has 0 aromatic rings. The number of aliphatic hydroxyl groups is 1. The van der Waals surface area contributed by atoms with Gasteiger partial charge in [0.1, 0.15) is 37.6 Å². The Hall–Kier alpha value is -2.92. The third kappa shape index (κ3) is 11.1. The second-order valence-electron chi connectivity index (χ2n) is 8.46. The lowest BCUT2D eigenvalue weighted by Gasteiger charge is -2.16. The number of hydrogen-bond donors (Lipinski definition) is 1. The maximum atomic E-state index is 11.4.